The van der Waals surface area contributed by atoms with Crippen molar-refractivity contribution in [1.82, 2.24) is 10.2 Å². The molecule has 1 saturated heterocycles. The molecule has 6 aliphatic carbocycles. The first-order chi connectivity index (χ1) is 21.0. The summed E-state index contributed by atoms with van der Waals surface area (Å²) >= 11 is 0. The predicted molar refractivity (Wildman–Crippen MR) is 183 cm³/mol. The first kappa shape index (κ1) is 32.7. The van der Waals surface area contributed by atoms with Gasteiger partial charge in [0.15, 0.2) is 9.84 Å². The van der Waals surface area contributed by atoms with Crippen molar-refractivity contribution in [2.45, 2.75) is 126 Å². The van der Waals surface area contributed by atoms with Crippen molar-refractivity contribution < 1.29 is 13.2 Å². The zero-order valence-corrected chi connectivity index (χ0v) is 30.6. The van der Waals surface area contributed by atoms with Gasteiger partial charge in [0.2, 0.25) is 5.91 Å². The SMILES string of the molecule is CC1(C)CC[C@]2(C(=O)NCCN3CCS(=O)(=O)CC3)CC[C@]3(C)C(=CC[C@@H]4[C@@]5(C)CC[C@H](C6CC6)C(C)(C)[C@@H]5CC[C@]43C)[C@@H]2C1. The van der Waals surface area contributed by atoms with Crippen molar-refractivity contribution in [3.8, 4) is 0 Å². The van der Waals surface area contributed by atoms with Crippen LogP contribution in [0.1, 0.15) is 126 Å². The van der Waals surface area contributed by atoms with Crippen molar-refractivity contribution in [2.75, 3.05) is 37.7 Å². The van der Waals surface area contributed by atoms with Crippen LogP contribution >= 0.6 is 0 Å². The molecule has 0 aromatic heterocycles. The third-order valence-electron chi connectivity index (χ3n) is 16.5. The van der Waals surface area contributed by atoms with Crippen molar-refractivity contribution in [3.63, 3.8) is 0 Å². The Morgan fingerprint density at radius 3 is 2.24 bits per heavy atom. The second kappa shape index (κ2) is 10.6. The maximum Gasteiger partial charge on any atom is 0.226 e. The molecule has 254 valence electrons. The van der Waals surface area contributed by atoms with Crippen molar-refractivity contribution in [3.05, 3.63) is 11.6 Å². The van der Waals surface area contributed by atoms with E-state index in [0.29, 0.717) is 36.4 Å². The van der Waals surface area contributed by atoms with Gasteiger partial charge in [0, 0.05) is 26.2 Å². The maximum atomic E-state index is 14.4. The Bertz CT molecular complexity index is 1330. The topological polar surface area (TPSA) is 66.5 Å². The fraction of sp³-hybridized carbons (Fsp3) is 0.923. The van der Waals surface area contributed by atoms with E-state index in [-0.39, 0.29) is 39.1 Å². The number of carbonyl (C=O) groups excluding carboxylic acids is 1. The van der Waals surface area contributed by atoms with E-state index in [1.807, 2.05) is 0 Å². The molecule has 8 atom stereocenters. The molecule has 5 saturated carbocycles. The minimum atomic E-state index is -2.89. The molecule has 0 bridgehead atoms. The molecule has 6 fully saturated rings. The van der Waals surface area contributed by atoms with E-state index in [1.165, 1.54) is 44.9 Å². The Hall–Kier alpha value is -0.880. The van der Waals surface area contributed by atoms with E-state index in [9.17, 15) is 13.2 Å². The molecule has 0 aromatic carbocycles. The van der Waals surface area contributed by atoms with Gasteiger partial charge in [-0.2, -0.15) is 0 Å². The molecule has 0 radical (unpaired) electrons. The second-order valence-electron chi connectivity index (χ2n) is 19.4. The summed E-state index contributed by atoms with van der Waals surface area (Å²) in [6, 6.07) is 0. The standard InChI is InChI=1S/C39H64N2O3S/c1-34(2)16-18-39(33(42)40-20-21-41-22-24-45(43,44)25-23-41)19-17-37(6)29(30(39)26-34)10-11-32-36(5)14-12-28(27-8-9-27)35(3,4)31(36)13-15-38(32,37)7/h10,27-28,30-32H,8-9,11-26H2,1-7H3,(H,40,42)/t28-,30+,31+,32-,36+,37-,38-,39+/m1/s1. The van der Waals surface area contributed by atoms with Gasteiger partial charge >= 0.3 is 0 Å². The van der Waals surface area contributed by atoms with Gasteiger partial charge in [-0.1, -0.05) is 60.1 Å². The summed E-state index contributed by atoms with van der Waals surface area (Å²) in [7, 11) is -2.89. The van der Waals surface area contributed by atoms with Crippen LogP contribution < -0.4 is 5.32 Å². The summed E-state index contributed by atoms with van der Waals surface area (Å²) < 4.78 is 23.8. The molecule has 0 aromatic rings. The quantitative estimate of drug-likeness (QED) is 0.314. The van der Waals surface area contributed by atoms with Gasteiger partial charge < -0.3 is 5.32 Å². The number of sulfone groups is 1. The van der Waals surface area contributed by atoms with Gasteiger partial charge in [0.25, 0.3) is 0 Å². The van der Waals surface area contributed by atoms with E-state index in [4.69, 9.17) is 0 Å². The van der Waals surface area contributed by atoms with E-state index >= 15 is 0 Å². The summed E-state index contributed by atoms with van der Waals surface area (Å²) in [6.07, 6.45) is 17.8. The Morgan fingerprint density at radius 2 is 1.56 bits per heavy atom. The largest absolute Gasteiger partial charge is 0.354 e. The average Bonchev–Trinajstić information content (AvgIpc) is 3.79. The monoisotopic (exact) mass is 640 g/mol. The minimum absolute atomic E-state index is 0.155. The second-order valence-corrected chi connectivity index (χ2v) is 21.7. The molecule has 1 amide bonds. The Labute approximate surface area is 275 Å². The van der Waals surface area contributed by atoms with Gasteiger partial charge in [0.1, 0.15) is 0 Å². The molecular weight excluding hydrogens is 577 g/mol. The molecular formula is C39H64N2O3S. The van der Waals surface area contributed by atoms with Crippen LogP contribution in [0.3, 0.4) is 0 Å². The zero-order chi connectivity index (χ0) is 32.3. The summed E-state index contributed by atoms with van der Waals surface area (Å²) in [5.74, 6) is 4.55. The summed E-state index contributed by atoms with van der Waals surface area (Å²) in [5.41, 5.74) is 2.88. The van der Waals surface area contributed by atoms with Gasteiger partial charge in [-0.15, -0.1) is 0 Å². The highest BCUT2D eigenvalue weighted by atomic mass is 32.2. The number of nitrogens with zero attached hydrogens (tertiary/aromatic N) is 1. The number of hydrogen-bond donors (Lipinski definition) is 1. The molecule has 1 aliphatic heterocycles. The van der Waals surface area contributed by atoms with Crippen molar-refractivity contribution >= 4 is 15.7 Å². The number of fused-ring (bicyclic) bond motifs is 7. The fourth-order valence-corrected chi connectivity index (χ4v) is 14.8. The lowest BCUT2D eigenvalue weighted by molar-refractivity contribution is -0.195. The predicted octanol–water partition coefficient (Wildman–Crippen LogP) is 7.66. The van der Waals surface area contributed by atoms with E-state index in [1.54, 1.807) is 5.57 Å². The minimum Gasteiger partial charge on any atom is -0.354 e. The summed E-state index contributed by atoms with van der Waals surface area (Å²) in [6.45, 7) is 20.8. The third-order valence-corrected chi connectivity index (χ3v) is 18.2. The van der Waals surface area contributed by atoms with E-state index in [2.05, 4.69) is 64.8 Å². The smallest absolute Gasteiger partial charge is 0.226 e. The first-order valence-corrected chi connectivity index (χ1v) is 20.7. The molecule has 1 N–H and O–H groups in total. The van der Waals surface area contributed by atoms with Crippen LogP contribution in [0.4, 0.5) is 0 Å². The summed E-state index contributed by atoms with van der Waals surface area (Å²) in [4.78, 5) is 16.6. The van der Waals surface area contributed by atoms with Gasteiger partial charge in [-0.25, -0.2) is 8.42 Å². The molecule has 0 spiro atoms. The average molecular weight is 641 g/mol. The zero-order valence-electron chi connectivity index (χ0n) is 29.8. The number of carbonyl (C=O) groups is 1. The maximum absolute atomic E-state index is 14.4. The molecule has 5 nitrogen and oxygen atoms in total. The molecule has 7 aliphatic rings. The lowest BCUT2D eigenvalue weighted by Crippen LogP contribution is -2.65. The normalized spacial score (nSPS) is 46.9. The van der Waals surface area contributed by atoms with Gasteiger partial charge in [0.05, 0.1) is 16.9 Å². The fourth-order valence-electron chi connectivity index (χ4n) is 13.5. The van der Waals surface area contributed by atoms with Crippen LogP contribution in [0.2, 0.25) is 0 Å². The highest BCUT2D eigenvalue weighted by Crippen LogP contribution is 2.76. The van der Waals surface area contributed by atoms with Crippen LogP contribution in [-0.4, -0.2) is 56.9 Å². The number of amides is 1. The lowest BCUT2D eigenvalue weighted by atomic mass is 9.33. The van der Waals surface area contributed by atoms with Gasteiger partial charge in [-0.05, 0) is 134 Å². The molecule has 6 heteroatoms. The Balaban J connectivity index is 1.15. The van der Waals surface area contributed by atoms with Crippen molar-refractivity contribution in [2.24, 2.45) is 62.1 Å². The molecule has 7 rings (SSSR count). The number of rotatable bonds is 5. The molecule has 1 heterocycles. The summed E-state index contributed by atoms with van der Waals surface area (Å²) in [5, 5.41) is 3.42. The molecule has 0 unspecified atom stereocenters. The molecule has 45 heavy (non-hydrogen) atoms. The Morgan fingerprint density at radius 1 is 0.867 bits per heavy atom. The van der Waals surface area contributed by atoms with Crippen LogP contribution in [0, 0.1) is 62.1 Å². The number of nitrogens with one attached hydrogen (secondary N) is 1. The van der Waals surface area contributed by atoms with Gasteiger partial charge in [-0.3, -0.25) is 9.69 Å². The van der Waals surface area contributed by atoms with E-state index < -0.39 is 9.84 Å². The lowest BCUT2D eigenvalue weighted by Gasteiger charge is -2.71. The van der Waals surface area contributed by atoms with Crippen LogP contribution in [-0.2, 0) is 14.6 Å². The van der Waals surface area contributed by atoms with Crippen molar-refractivity contribution in [1.29, 1.82) is 0 Å². The third kappa shape index (κ3) is 4.97. The van der Waals surface area contributed by atoms with Crippen LogP contribution in [0.25, 0.3) is 0 Å². The van der Waals surface area contributed by atoms with E-state index in [0.717, 1.165) is 62.3 Å². The Kier molecular flexibility index (Phi) is 7.66. The highest BCUT2D eigenvalue weighted by Gasteiger charge is 2.69. The number of hydrogen-bond acceptors (Lipinski definition) is 4. The highest BCUT2D eigenvalue weighted by molar-refractivity contribution is 7.91. The first-order valence-electron chi connectivity index (χ1n) is 18.9. The van der Waals surface area contributed by atoms with Crippen LogP contribution in [0.5, 0.6) is 0 Å². The van der Waals surface area contributed by atoms with Crippen LogP contribution in [0.15, 0.2) is 11.6 Å². The number of allylic oxidation sites excluding steroid dienone is 2.